The second-order valence-electron chi connectivity index (χ2n) is 6.71. The molecule has 0 saturated carbocycles. The number of piperidine rings is 1. The summed E-state index contributed by atoms with van der Waals surface area (Å²) < 4.78 is 0. The lowest BCUT2D eigenvalue weighted by molar-refractivity contribution is 0.0694. The molecule has 2 fully saturated rings. The number of hydrogen-bond acceptors (Lipinski definition) is 4. The van der Waals surface area contributed by atoms with E-state index in [9.17, 15) is 9.90 Å². The van der Waals surface area contributed by atoms with Crippen LogP contribution in [-0.4, -0.2) is 45.1 Å². The van der Waals surface area contributed by atoms with E-state index in [2.05, 4.69) is 21.9 Å². The summed E-state index contributed by atoms with van der Waals surface area (Å²) in [6.07, 6.45) is 6.22. The molecule has 2 bridgehead atoms. The molecule has 0 aromatic carbocycles. The number of carboxylic acid groups (broad SMARTS) is 1. The maximum atomic E-state index is 11.3. The molecule has 114 valence electrons. The van der Waals surface area contributed by atoms with E-state index in [0.717, 1.165) is 18.7 Å². The van der Waals surface area contributed by atoms with Crippen LogP contribution in [0.1, 0.15) is 73.2 Å². The number of fused-ring (bicyclic) bond motifs is 2. The first-order valence-electron chi connectivity index (χ1n) is 7.79. The number of aromatic carboxylic acids is 1. The fourth-order valence-corrected chi connectivity index (χ4v) is 3.83. The Labute approximate surface area is 125 Å². The van der Waals surface area contributed by atoms with E-state index >= 15 is 0 Å². The third-order valence-corrected chi connectivity index (χ3v) is 5.08. The van der Waals surface area contributed by atoms with E-state index in [1.54, 1.807) is 0 Å². The van der Waals surface area contributed by atoms with Crippen LogP contribution < -0.4 is 0 Å². The monoisotopic (exact) mass is 289 g/mol. The summed E-state index contributed by atoms with van der Waals surface area (Å²) in [5.41, 5.74) is 0.906. The van der Waals surface area contributed by atoms with Gasteiger partial charge in [0.15, 0.2) is 0 Å². The van der Waals surface area contributed by atoms with Gasteiger partial charge in [0.1, 0.15) is 5.82 Å². The van der Waals surface area contributed by atoms with E-state index in [4.69, 9.17) is 0 Å². The summed E-state index contributed by atoms with van der Waals surface area (Å²) in [6, 6.07) is 1.28. The van der Waals surface area contributed by atoms with Crippen molar-refractivity contribution in [3.05, 3.63) is 23.3 Å². The van der Waals surface area contributed by atoms with Gasteiger partial charge >= 0.3 is 5.97 Å². The third kappa shape index (κ3) is 2.55. The zero-order valence-electron chi connectivity index (χ0n) is 12.9. The molecule has 0 spiro atoms. The first-order chi connectivity index (χ1) is 9.97. The van der Waals surface area contributed by atoms with Crippen LogP contribution in [0.2, 0.25) is 0 Å². The van der Waals surface area contributed by atoms with Crippen LogP contribution in [0.25, 0.3) is 0 Å². The molecule has 2 aliphatic heterocycles. The van der Waals surface area contributed by atoms with Crippen LogP contribution in [0.15, 0.2) is 6.20 Å². The number of carboxylic acids is 1. The molecule has 0 amide bonds. The molecule has 1 N–H and O–H groups in total. The first-order valence-corrected chi connectivity index (χ1v) is 7.79. The van der Waals surface area contributed by atoms with Crippen LogP contribution in [0.4, 0.5) is 0 Å². The van der Waals surface area contributed by atoms with Crippen molar-refractivity contribution >= 4 is 5.97 Å². The van der Waals surface area contributed by atoms with Crippen LogP contribution >= 0.6 is 0 Å². The Morgan fingerprint density at radius 3 is 2.48 bits per heavy atom. The summed E-state index contributed by atoms with van der Waals surface area (Å²) in [4.78, 5) is 22.8. The molecule has 3 rings (SSSR count). The highest BCUT2D eigenvalue weighted by molar-refractivity contribution is 5.88. The standard InChI is InChI=1S/C16H23N3O2/c1-9(2)14-13(16(20)21)8-17-15(18-14)10-6-11-4-5-12(7-10)19(11)3/h8-12H,4-7H2,1-3H3,(H,20,21). The summed E-state index contributed by atoms with van der Waals surface area (Å²) in [5.74, 6) is 0.377. The molecule has 21 heavy (non-hydrogen) atoms. The van der Waals surface area contributed by atoms with Gasteiger partial charge in [-0.1, -0.05) is 13.8 Å². The minimum atomic E-state index is -0.936. The minimum absolute atomic E-state index is 0.0980. The second kappa shape index (κ2) is 5.37. The maximum absolute atomic E-state index is 11.3. The Balaban J connectivity index is 1.90. The summed E-state index contributed by atoms with van der Waals surface area (Å²) >= 11 is 0. The Morgan fingerprint density at radius 1 is 1.33 bits per heavy atom. The summed E-state index contributed by atoms with van der Waals surface area (Å²) in [6.45, 7) is 3.97. The fraction of sp³-hybridized carbons (Fsp3) is 0.688. The molecule has 2 saturated heterocycles. The lowest BCUT2D eigenvalue weighted by Gasteiger charge is -2.35. The predicted octanol–water partition coefficient (Wildman–Crippen LogP) is 2.64. The van der Waals surface area contributed by atoms with E-state index in [1.807, 2.05) is 13.8 Å². The van der Waals surface area contributed by atoms with Crippen LogP contribution in [-0.2, 0) is 0 Å². The number of nitrogens with zero attached hydrogens (tertiary/aromatic N) is 3. The average molecular weight is 289 g/mol. The summed E-state index contributed by atoms with van der Waals surface area (Å²) in [5, 5.41) is 9.26. The maximum Gasteiger partial charge on any atom is 0.339 e. The Morgan fingerprint density at radius 2 is 1.95 bits per heavy atom. The van der Waals surface area contributed by atoms with Gasteiger partial charge in [0.05, 0.1) is 11.3 Å². The van der Waals surface area contributed by atoms with Gasteiger partial charge in [-0.3, -0.25) is 0 Å². The average Bonchev–Trinajstić information content (AvgIpc) is 2.67. The zero-order chi connectivity index (χ0) is 15.1. The molecular formula is C16H23N3O2. The van der Waals surface area contributed by atoms with E-state index in [0.29, 0.717) is 23.7 Å². The quantitative estimate of drug-likeness (QED) is 0.926. The van der Waals surface area contributed by atoms with Crippen molar-refractivity contribution in [3.63, 3.8) is 0 Å². The molecule has 1 aromatic rings. The smallest absolute Gasteiger partial charge is 0.339 e. The lowest BCUT2D eigenvalue weighted by Crippen LogP contribution is -2.39. The van der Waals surface area contributed by atoms with Crippen molar-refractivity contribution in [1.29, 1.82) is 0 Å². The first kappa shape index (κ1) is 14.4. The van der Waals surface area contributed by atoms with E-state index in [-0.39, 0.29) is 11.5 Å². The predicted molar refractivity (Wildman–Crippen MR) is 79.6 cm³/mol. The molecule has 5 nitrogen and oxygen atoms in total. The Hall–Kier alpha value is -1.49. The van der Waals surface area contributed by atoms with Gasteiger partial charge in [0, 0.05) is 24.2 Å². The van der Waals surface area contributed by atoms with Gasteiger partial charge in [0.25, 0.3) is 0 Å². The molecular weight excluding hydrogens is 266 g/mol. The normalized spacial score (nSPS) is 29.0. The van der Waals surface area contributed by atoms with Gasteiger partial charge in [-0.25, -0.2) is 14.8 Å². The number of rotatable bonds is 3. The molecule has 2 aliphatic rings. The van der Waals surface area contributed by atoms with Crippen molar-refractivity contribution in [2.24, 2.45) is 0 Å². The highest BCUT2D eigenvalue weighted by atomic mass is 16.4. The Bertz CT molecular complexity index is 544. The number of aromatic nitrogens is 2. The molecule has 0 radical (unpaired) electrons. The van der Waals surface area contributed by atoms with Crippen molar-refractivity contribution in [1.82, 2.24) is 14.9 Å². The molecule has 3 heterocycles. The van der Waals surface area contributed by atoms with Crippen molar-refractivity contribution in [2.75, 3.05) is 7.05 Å². The minimum Gasteiger partial charge on any atom is -0.478 e. The molecule has 0 aliphatic carbocycles. The van der Waals surface area contributed by atoms with Crippen LogP contribution in [0.5, 0.6) is 0 Å². The van der Waals surface area contributed by atoms with Gasteiger partial charge < -0.3 is 10.0 Å². The van der Waals surface area contributed by atoms with Gasteiger partial charge in [-0.05, 0) is 38.6 Å². The van der Waals surface area contributed by atoms with Crippen molar-refractivity contribution in [3.8, 4) is 0 Å². The highest BCUT2D eigenvalue weighted by Gasteiger charge is 2.40. The second-order valence-corrected chi connectivity index (χ2v) is 6.71. The molecule has 2 atom stereocenters. The molecule has 5 heteroatoms. The number of carbonyl (C=O) groups is 1. The topological polar surface area (TPSA) is 66.3 Å². The van der Waals surface area contributed by atoms with Gasteiger partial charge in [-0.2, -0.15) is 0 Å². The SMILES string of the molecule is CC(C)c1nc(C2CC3CCC(C2)N3C)ncc1C(=O)O. The van der Waals surface area contributed by atoms with Crippen LogP contribution in [0.3, 0.4) is 0 Å². The fourth-order valence-electron chi connectivity index (χ4n) is 3.83. The Kier molecular flexibility index (Phi) is 3.69. The van der Waals surface area contributed by atoms with Crippen molar-refractivity contribution < 1.29 is 9.90 Å². The van der Waals surface area contributed by atoms with Crippen molar-refractivity contribution in [2.45, 2.75) is 63.5 Å². The van der Waals surface area contributed by atoms with Gasteiger partial charge in [0.2, 0.25) is 0 Å². The lowest BCUT2D eigenvalue weighted by atomic mass is 9.90. The summed E-state index contributed by atoms with van der Waals surface area (Å²) in [7, 11) is 2.21. The van der Waals surface area contributed by atoms with Gasteiger partial charge in [-0.15, -0.1) is 0 Å². The highest BCUT2D eigenvalue weighted by Crippen LogP contribution is 2.41. The van der Waals surface area contributed by atoms with E-state index in [1.165, 1.54) is 19.0 Å². The van der Waals surface area contributed by atoms with Crippen LogP contribution in [0, 0.1) is 0 Å². The zero-order valence-corrected chi connectivity index (χ0v) is 12.9. The molecule has 1 aromatic heterocycles. The van der Waals surface area contributed by atoms with E-state index < -0.39 is 5.97 Å². The molecule has 2 unspecified atom stereocenters. The largest absolute Gasteiger partial charge is 0.478 e. The third-order valence-electron chi connectivity index (χ3n) is 5.08. The number of hydrogen-bond donors (Lipinski definition) is 1.